The van der Waals surface area contributed by atoms with Gasteiger partial charge in [-0.05, 0) is 53.8 Å². The van der Waals surface area contributed by atoms with Gasteiger partial charge in [-0.2, -0.15) is 23.7 Å². The van der Waals surface area contributed by atoms with Crippen LogP contribution in [0.4, 0.5) is 29.2 Å². The minimum Gasteiger partial charge on any atom is -0.383 e. The molecule has 0 spiro atoms. The van der Waals surface area contributed by atoms with Crippen LogP contribution in [0.1, 0.15) is 69.4 Å². The van der Waals surface area contributed by atoms with Crippen LogP contribution in [0.3, 0.4) is 0 Å². The fourth-order valence-electron chi connectivity index (χ4n) is 8.27. The maximum absolute atomic E-state index is 15.1. The van der Waals surface area contributed by atoms with Crippen LogP contribution in [0.15, 0.2) is 54.7 Å². The molecule has 2 saturated heterocycles. The summed E-state index contributed by atoms with van der Waals surface area (Å²) in [5.41, 5.74) is 11.3. The maximum atomic E-state index is 15.1. The number of hydrogen-bond acceptors (Lipinski definition) is 12. The van der Waals surface area contributed by atoms with Crippen LogP contribution < -0.4 is 22.1 Å². The van der Waals surface area contributed by atoms with Crippen molar-refractivity contribution in [1.29, 1.82) is 0 Å². The summed E-state index contributed by atoms with van der Waals surface area (Å²) in [5, 5.41) is 15.1. The summed E-state index contributed by atoms with van der Waals surface area (Å²) < 4.78 is 73.6. The van der Waals surface area contributed by atoms with Gasteiger partial charge in [0, 0.05) is 79.2 Å². The summed E-state index contributed by atoms with van der Waals surface area (Å²) in [6.07, 6.45) is 11.7. The lowest BCUT2D eigenvalue weighted by atomic mass is 10.1. The first-order chi connectivity index (χ1) is 35.4. The monoisotopic (exact) mass is 1120 g/mol. The second-order valence-corrected chi connectivity index (χ2v) is 17.3. The summed E-state index contributed by atoms with van der Waals surface area (Å²) in [4.78, 5) is 59.1. The van der Waals surface area contributed by atoms with E-state index in [2.05, 4.69) is 71.7 Å². The van der Waals surface area contributed by atoms with Gasteiger partial charge in [-0.25, -0.2) is 36.9 Å². The van der Waals surface area contributed by atoms with Crippen LogP contribution in [0.25, 0.3) is 22.1 Å². The molecule has 4 amide bonds. The van der Waals surface area contributed by atoms with Gasteiger partial charge in [-0.1, -0.05) is 25.0 Å². The number of anilines is 2. The number of primary amides is 2. The Morgan fingerprint density at radius 2 is 1.29 bits per heavy atom. The summed E-state index contributed by atoms with van der Waals surface area (Å²) in [7, 11) is 4.79. The Kier molecular flexibility index (Phi) is 20.2. The van der Waals surface area contributed by atoms with Crippen LogP contribution in [-0.2, 0) is 32.7 Å². The fraction of sp³-hybridized carbons (Fsp3) is 0.347. The Hall–Kier alpha value is -7.65. The summed E-state index contributed by atoms with van der Waals surface area (Å²) in [6, 6.07) is 2.04. The normalized spacial score (nSPS) is 14.7. The average Bonchev–Trinajstić information content (AvgIpc) is 4.25. The molecule has 8 rings (SSSR count). The number of aryl methyl sites for hydroxylation is 2. The number of terminal acetylenes is 1. The lowest BCUT2D eigenvalue weighted by Gasteiger charge is -2.17. The van der Waals surface area contributed by atoms with Gasteiger partial charge < -0.3 is 50.5 Å². The topological polar surface area (TPSA) is 241 Å². The van der Waals surface area contributed by atoms with Gasteiger partial charge in [0.2, 0.25) is 11.8 Å². The highest BCUT2D eigenvalue weighted by Gasteiger charge is 2.33. The number of aromatic nitrogens is 8. The number of rotatable bonds is 15. The Bertz CT molecular complexity index is 3250. The molecule has 20 nitrogen and oxygen atoms in total. The molecule has 0 bridgehead atoms. The molecule has 2 aromatic carbocycles. The van der Waals surface area contributed by atoms with Crippen molar-refractivity contribution in [1.82, 2.24) is 48.5 Å². The van der Waals surface area contributed by atoms with E-state index in [-0.39, 0.29) is 65.2 Å². The quantitative estimate of drug-likeness (QED) is 0.0472. The molecule has 2 atom stereocenters. The molecule has 0 unspecified atom stereocenters. The number of nitrogens with zero attached hydrogens (tertiary/aromatic N) is 10. The summed E-state index contributed by atoms with van der Waals surface area (Å²) >= 11 is 3.28. The van der Waals surface area contributed by atoms with E-state index in [1.54, 1.807) is 37.9 Å². The molecule has 6 N–H and O–H groups in total. The van der Waals surface area contributed by atoms with E-state index in [9.17, 15) is 32.3 Å². The van der Waals surface area contributed by atoms with Gasteiger partial charge in [0.15, 0.2) is 17.3 Å². The van der Waals surface area contributed by atoms with Gasteiger partial charge in [0.25, 0.3) is 11.8 Å². The molecule has 0 radical (unpaired) electrons. The highest BCUT2D eigenvalue weighted by molar-refractivity contribution is 9.10. The van der Waals surface area contributed by atoms with Crippen molar-refractivity contribution < 1.29 is 46.2 Å². The first-order valence-corrected chi connectivity index (χ1v) is 23.6. The number of nitrogens with two attached hydrogens (primary N) is 2. The Morgan fingerprint density at radius 1 is 0.800 bits per heavy atom. The summed E-state index contributed by atoms with van der Waals surface area (Å²) in [5.74, 6) is 2.94. The zero-order chi connectivity index (χ0) is 54.0. The van der Waals surface area contributed by atoms with E-state index in [1.807, 2.05) is 12.8 Å². The molecule has 26 heteroatoms. The van der Waals surface area contributed by atoms with E-state index < -0.39 is 40.6 Å². The van der Waals surface area contributed by atoms with Gasteiger partial charge >= 0.3 is 0 Å². The van der Waals surface area contributed by atoms with Crippen molar-refractivity contribution in [2.75, 3.05) is 77.3 Å². The molecular weight excluding hydrogens is 1070 g/mol. The van der Waals surface area contributed by atoms with Crippen LogP contribution in [-0.4, -0.2) is 139 Å². The molecule has 398 valence electrons. The SMILES string of the molecule is C#Cc1c(F)cc2c(ncn2C)c1F.C=CC(=O)N1CC[C@H](n2nc(Br)c(C(N)=O)c2NCCOC)C1.C=CC(=O)N1CC[C@H](n2nc(C#Cc3c(F)cc4c(ncn4CC)c3F)c(C(N)=O)c2NCCOC)C1.S. The van der Waals surface area contributed by atoms with E-state index in [0.29, 0.717) is 98.3 Å². The lowest BCUT2D eigenvalue weighted by molar-refractivity contribution is -0.125. The van der Waals surface area contributed by atoms with Crippen molar-refractivity contribution in [3.05, 3.63) is 106 Å². The highest BCUT2D eigenvalue weighted by Crippen LogP contribution is 2.33. The van der Waals surface area contributed by atoms with Gasteiger partial charge in [0.1, 0.15) is 50.0 Å². The number of benzene rings is 2. The molecular formula is C49H55BrF4N14O6S. The number of likely N-dealkylation sites (tertiary alicyclic amines) is 2. The third-order valence-electron chi connectivity index (χ3n) is 12.0. The van der Waals surface area contributed by atoms with Crippen LogP contribution in [0.5, 0.6) is 0 Å². The molecule has 6 heterocycles. The molecule has 6 aromatic rings. The number of halogens is 5. The fourth-order valence-corrected chi connectivity index (χ4v) is 8.83. The highest BCUT2D eigenvalue weighted by atomic mass is 79.9. The second-order valence-electron chi connectivity index (χ2n) is 16.5. The minimum absolute atomic E-state index is 0. The van der Waals surface area contributed by atoms with Crippen LogP contribution in [0, 0.1) is 47.5 Å². The Labute approximate surface area is 444 Å². The number of carbonyl (C=O) groups excluding carboxylic acids is 4. The first kappa shape index (κ1) is 58.2. The van der Waals surface area contributed by atoms with Gasteiger partial charge in [-0.15, -0.1) is 6.42 Å². The lowest BCUT2D eigenvalue weighted by Crippen LogP contribution is -2.28. The molecule has 0 saturated carbocycles. The largest absolute Gasteiger partial charge is 0.383 e. The maximum Gasteiger partial charge on any atom is 0.255 e. The number of hydrogen-bond donors (Lipinski definition) is 4. The number of fused-ring (bicyclic) bond motifs is 2. The first-order valence-electron chi connectivity index (χ1n) is 22.8. The molecule has 0 aliphatic carbocycles. The Balaban J connectivity index is 0.000000232. The number of imidazole rings is 2. The zero-order valence-corrected chi connectivity index (χ0v) is 43.9. The van der Waals surface area contributed by atoms with Crippen molar-refractivity contribution in [3.63, 3.8) is 0 Å². The summed E-state index contributed by atoms with van der Waals surface area (Å²) in [6.45, 7) is 12.9. The minimum atomic E-state index is -0.900. The van der Waals surface area contributed by atoms with Gasteiger partial charge in [-0.3, -0.25) is 19.2 Å². The van der Waals surface area contributed by atoms with Gasteiger partial charge in [0.05, 0.1) is 60.1 Å². The van der Waals surface area contributed by atoms with Crippen LogP contribution >= 0.6 is 29.4 Å². The number of methoxy groups -OCH3 is 2. The predicted octanol–water partition coefficient (Wildman–Crippen LogP) is 4.76. The van der Waals surface area contributed by atoms with E-state index in [1.165, 1.54) is 48.6 Å². The third kappa shape index (κ3) is 12.7. The second kappa shape index (κ2) is 26.0. The standard InChI is InChI=1S/C25H27F2N7O3.C14H20BrN5O3.C10H6F2N2.H2S/c1-4-20(35)33-10-8-15(13-33)34-25(29-9-11-37-3)21(24(28)36)18(31-34)7-6-16-17(26)12-19-23(22(16)27)30-14-32(19)5-2;1-3-10(21)19-6-4-9(8-19)20-14(17-5-7-23-2)11(13(16)22)12(15)18-20;1-3-6-7(11)4-8-10(9(6)12)13-5-14(8)2;/h4,12,14-15,29H,1,5,8-11,13H2,2-3H3,(H2,28,36);3,9,17H,1,4-8H2,2H3,(H2,16,22);1,4-5H,2H3;1H2/t15-;9-;;/m00../s1. The Morgan fingerprint density at radius 3 is 1.81 bits per heavy atom. The molecule has 2 aliphatic heterocycles. The molecule has 4 aromatic heterocycles. The molecule has 2 fully saturated rings. The number of ether oxygens (including phenoxy) is 2. The predicted molar refractivity (Wildman–Crippen MR) is 281 cm³/mol. The smallest absolute Gasteiger partial charge is 0.255 e. The average molecular weight is 1120 g/mol. The van der Waals surface area contributed by atoms with Crippen molar-refractivity contribution in [2.45, 2.75) is 38.4 Å². The van der Waals surface area contributed by atoms with Crippen molar-refractivity contribution in [3.8, 4) is 24.2 Å². The molecule has 75 heavy (non-hydrogen) atoms. The molecule has 2 aliphatic rings. The number of nitrogens with one attached hydrogen (secondary N) is 2. The van der Waals surface area contributed by atoms with E-state index >= 15 is 4.39 Å². The third-order valence-corrected chi connectivity index (χ3v) is 12.5. The van der Waals surface area contributed by atoms with E-state index in [4.69, 9.17) is 27.4 Å². The zero-order valence-electron chi connectivity index (χ0n) is 41.4. The van der Waals surface area contributed by atoms with Crippen molar-refractivity contribution in [2.24, 2.45) is 18.5 Å². The number of carbonyl (C=O) groups is 4. The van der Waals surface area contributed by atoms with Crippen molar-refractivity contribution >= 4 is 86.8 Å². The number of amides is 4. The van der Waals surface area contributed by atoms with Crippen LogP contribution in [0.2, 0.25) is 0 Å². The van der Waals surface area contributed by atoms with E-state index in [0.717, 1.165) is 6.42 Å².